The van der Waals surface area contributed by atoms with E-state index < -0.39 is 23.9 Å². The number of amides is 3. The van der Waals surface area contributed by atoms with Crippen LogP contribution in [0, 0.1) is 5.92 Å². The molecule has 210 valence electrons. The predicted octanol–water partition coefficient (Wildman–Crippen LogP) is -1.87. The summed E-state index contributed by atoms with van der Waals surface area (Å²) in [7, 11) is 0. The highest BCUT2D eigenvalue weighted by Gasteiger charge is 2.27. The summed E-state index contributed by atoms with van der Waals surface area (Å²) in [4.78, 5) is 36.7. The summed E-state index contributed by atoms with van der Waals surface area (Å²) in [5.41, 5.74) is 16.1. The largest absolute Gasteiger partial charge is 0.379 e. The molecule has 0 aliphatic rings. The summed E-state index contributed by atoms with van der Waals surface area (Å²) >= 11 is 4.72. The lowest BCUT2D eigenvalue weighted by Gasteiger charge is -2.24. The molecule has 14 heteroatoms. The lowest BCUT2D eigenvalue weighted by atomic mass is 10.0. The first-order chi connectivity index (χ1) is 17.2. The van der Waals surface area contributed by atoms with Crippen molar-refractivity contribution < 1.29 is 33.3 Å². The maximum absolute atomic E-state index is 12.7. The van der Waals surface area contributed by atoms with Gasteiger partial charge in [0, 0.05) is 19.5 Å². The molecule has 0 fully saturated rings. The van der Waals surface area contributed by atoms with Crippen molar-refractivity contribution in [1.29, 1.82) is 0 Å². The lowest BCUT2D eigenvalue weighted by molar-refractivity contribution is -0.132. The van der Waals surface area contributed by atoms with Gasteiger partial charge in [-0.15, -0.1) is 0 Å². The standard InChI is InChI=1S/C22H44N6O7S/c1-16(2)19(21(31)27-17(20(24)30)4-3-7-26-22(25)36)28-18(29)5-8-32-10-12-34-14-15-35-13-11-33-9-6-23/h16-17,19H,3-15,23H2,1-2H3,(H2,24,30)(H,27,31)(H,28,29)(H3,25,26,36). The van der Waals surface area contributed by atoms with Gasteiger partial charge in [-0.2, -0.15) is 0 Å². The van der Waals surface area contributed by atoms with Crippen LogP contribution in [-0.4, -0.2) is 101 Å². The van der Waals surface area contributed by atoms with Gasteiger partial charge in [0.05, 0.1) is 52.9 Å². The molecule has 0 aliphatic heterocycles. The zero-order valence-corrected chi connectivity index (χ0v) is 22.2. The van der Waals surface area contributed by atoms with Gasteiger partial charge in [0.1, 0.15) is 12.1 Å². The molecule has 2 atom stereocenters. The summed E-state index contributed by atoms with van der Waals surface area (Å²) in [6.45, 7) is 7.75. The molecule has 0 heterocycles. The summed E-state index contributed by atoms with van der Waals surface area (Å²) in [6.07, 6.45) is 0.898. The van der Waals surface area contributed by atoms with E-state index in [4.69, 9.17) is 48.4 Å². The first kappa shape index (κ1) is 33.9. The molecule has 3 amide bonds. The topological polar surface area (TPSA) is 202 Å². The smallest absolute Gasteiger partial charge is 0.243 e. The van der Waals surface area contributed by atoms with Crippen molar-refractivity contribution in [3.63, 3.8) is 0 Å². The van der Waals surface area contributed by atoms with E-state index in [1.165, 1.54) is 0 Å². The molecule has 0 aromatic rings. The molecular formula is C22H44N6O7S. The maximum Gasteiger partial charge on any atom is 0.243 e. The molecule has 0 spiro atoms. The number of primary amides is 1. The molecule has 0 saturated heterocycles. The first-order valence-electron chi connectivity index (χ1n) is 12.1. The number of nitrogens with two attached hydrogens (primary N) is 3. The van der Waals surface area contributed by atoms with E-state index in [-0.39, 0.29) is 30.0 Å². The number of nitrogens with one attached hydrogen (secondary N) is 3. The molecule has 0 aliphatic carbocycles. The van der Waals surface area contributed by atoms with Crippen LogP contribution in [0.1, 0.15) is 33.1 Å². The number of rotatable bonds is 23. The number of carbonyl (C=O) groups is 3. The van der Waals surface area contributed by atoms with Gasteiger partial charge in [-0.3, -0.25) is 14.4 Å². The maximum atomic E-state index is 12.7. The van der Waals surface area contributed by atoms with Crippen LogP contribution in [0.25, 0.3) is 0 Å². The molecule has 0 radical (unpaired) electrons. The molecule has 0 bridgehead atoms. The molecule has 2 unspecified atom stereocenters. The van der Waals surface area contributed by atoms with Crippen molar-refractivity contribution in [2.45, 2.75) is 45.2 Å². The summed E-state index contributed by atoms with van der Waals surface area (Å²) in [6, 6.07) is -1.69. The fourth-order valence-electron chi connectivity index (χ4n) is 2.86. The van der Waals surface area contributed by atoms with Gasteiger partial charge >= 0.3 is 0 Å². The SMILES string of the molecule is CC(C)C(NC(=O)CCOCCOCCOCCOCCN)C(=O)NC(CCCNC(N)=S)C(N)=O. The normalized spacial score (nSPS) is 12.7. The van der Waals surface area contributed by atoms with E-state index in [2.05, 4.69) is 16.0 Å². The van der Waals surface area contributed by atoms with Gasteiger partial charge in [0.25, 0.3) is 0 Å². The van der Waals surface area contributed by atoms with Crippen molar-refractivity contribution >= 4 is 35.1 Å². The van der Waals surface area contributed by atoms with Crippen molar-refractivity contribution in [3.05, 3.63) is 0 Å². The number of hydrogen-bond donors (Lipinski definition) is 6. The van der Waals surface area contributed by atoms with Crippen molar-refractivity contribution in [2.24, 2.45) is 23.1 Å². The second-order valence-corrected chi connectivity index (χ2v) is 8.61. The average Bonchev–Trinajstić information content (AvgIpc) is 2.81. The van der Waals surface area contributed by atoms with Crippen molar-refractivity contribution in [1.82, 2.24) is 16.0 Å². The number of thiocarbonyl (C=S) groups is 1. The molecule has 9 N–H and O–H groups in total. The third-order valence-electron chi connectivity index (χ3n) is 4.75. The summed E-state index contributed by atoms with van der Waals surface area (Å²) in [5.74, 6) is -1.69. The van der Waals surface area contributed by atoms with Crippen LogP contribution in [0.4, 0.5) is 0 Å². The third kappa shape index (κ3) is 19.1. The van der Waals surface area contributed by atoms with Crippen molar-refractivity contribution in [2.75, 3.05) is 65.9 Å². The second-order valence-electron chi connectivity index (χ2n) is 8.17. The fraction of sp³-hybridized carbons (Fsp3) is 0.818. The Kier molecular flexibility index (Phi) is 20.8. The van der Waals surface area contributed by atoms with E-state index in [9.17, 15) is 14.4 Å². The van der Waals surface area contributed by atoms with Crippen LogP contribution in [0.15, 0.2) is 0 Å². The predicted molar refractivity (Wildman–Crippen MR) is 139 cm³/mol. The quantitative estimate of drug-likeness (QED) is 0.0630. The molecule has 13 nitrogen and oxygen atoms in total. The average molecular weight is 537 g/mol. The van der Waals surface area contributed by atoms with E-state index >= 15 is 0 Å². The number of hydrogen-bond acceptors (Lipinski definition) is 9. The Labute approximate surface area is 218 Å². The monoisotopic (exact) mass is 536 g/mol. The minimum absolute atomic E-state index is 0.0757. The molecule has 0 rings (SSSR count). The molecule has 0 saturated carbocycles. The zero-order valence-electron chi connectivity index (χ0n) is 21.4. The highest BCUT2D eigenvalue weighted by molar-refractivity contribution is 7.80. The van der Waals surface area contributed by atoms with E-state index in [1.807, 2.05) is 0 Å². The summed E-state index contributed by atoms with van der Waals surface area (Å²) < 4.78 is 21.3. The van der Waals surface area contributed by atoms with Crippen LogP contribution >= 0.6 is 12.2 Å². The summed E-state index contributed by atoms with van der Waals surface area (Å²) in [5, 5.41) is 8.23. The molecule has 0 aromatic heterocycles. The van der Waals surface area contributed by atoms with E-state index in [0.717, 1.165) is 0 Å². The Balaban J connectivity index is 4.13. The van der Waals surface area contributed by atoms with Gasteiger partial charge in [0.15, 0.2) is 5.11 Å². The molecular weight excluding hydrogens is 492 g/mol. The Morgan fingerprint density at radius 3 is 1.83 bits per heavy atom. The third-order valence-corrected chi connectivity index (χ3v) is 4.89. The highest BCUT2D eigenvalue weighted by atomic mass is 32.1. The van der Waals surface area contributed by atoms with Gasteiger partial charge < -0.3 is 52.1 Å². The van der Waals surface area contributed by atoms with Gasteiger partial charge in [-0.05, 0) is 31.0 Å². The van der Waals surface area contributed by atoms with E-state index in [0.29, 0.717) is 72.2 Å². The van der Waals surface area contributed by atoms with Gasteiger partial charge in [0.2, 0.25) is 17.7 Å². The lowest BCUT2D eigenvalue weighted by Crippen LogP contribution is -2.54. The minimum atomic E-state index is -0.873. The number of ether oxygens (including phenoxy) is 4. The van der Waals surface area contributed by atoms with Gasteiger partial charge in [-0.1, -0.05) is 13.8 Å². The number of carbonyl (C=O) groups excluding carboxylic acids is 3. The van der Waals surface area contributed by atoms with Crippen molar-refractivity contribution in [3.8, 4) is 0 Å². The first-order valence-corrected chi connectivity index (χ1v) is 12.5. The van der Waals surface area contributed by atoms with Crippen LogP contribution in [0.3, 0.4) is 0 Å². The Morgan fingerprint density at radius 1 is 0.833 bits per heavy atom. The van der Waals surface area contributed by atoms with Crippen LogP contribution in [0.5, 0.6) is 0 Å². The van der Waals surface area contributed by atoms with Crippen LogP contribution in [-0.2, 0) is 33.3 Å². The Hall–Kier alpha value is -2.10. The second kappa shape index (κ2) is 22.1. The van der Waals surface area contributed by atoms with Crippen LogP contribution in [0.2, 0.25) is 0 Å². The highest BCUT2D eigenvalue weighted by Crippen LogP contribution is 2.05. The zero-order chi connectivity index (χ0) is 27.2. The fourth-order valence-corrected chi connectivity index (χ4v) is 2.96. The Morgan fingerprint density at radius 2 is 1.36 bits per heavy atom. The molecule has 0 aromatic carbocycles. The van der Waals surface area contributed by atoms with E-state index in [1.54, 1.807) is 13.8 Å². The minimum Gasteiger partial charge on any atom is -0.379 e. The molecule has 36 heavy (non-hydrogen) atoms. The Bertz CT molecular complexity index is 642. The van der Waals surface area contributed by atoms with Gasteiger partial charge in [-0.25, -0.2) is 0 Å². The van der Waals surface area contributed by atoms with Crippen LogP contribution < -0.4 is 33.2 Å².